The molecular formula is C19H28N2O4. The second-order valence-electron chi connectivity index (χ2n) is 7.46. The summed E-state index contributed by atoms with van der Waals surface area (Å²) >= 11 is 0. The molecule has 0 aromatic heterocycles. The van der Waals surface area contributed by atoms with Gasteiger partial charge in [0.15, 0.2) is 0 Å². The van der Waals surface area contributed by atoms with E-state index in [1.807, 2.05) is 18.2 Å². The van der Waals surface area contributed by atoms with Crippen LogP contribution in [0, 0.1) is 0 Å². The summed E-state index contributed by atoms with van der Waals surface area (Å²) in [6, 6.07) is 10.2. The molecule has 6 heteroatoms. The van der Waals surface area contributed by atoms with Crippen LogP contribution in [0.5, 0.6) is 0 Å². The molecule has 0 aliphatic carbocycles. The van der Waals surface area contributed by atoms with Crippen LogP contribution in [0.3, 0.4) is 0 Å². The Morgan fingerprint density at radius 1 is 1.16 bits per heavy atom. The van der Waals surface area contributed by atoms with Gasteiger partial charge in [-0.15, -0.1) is 0 Å². The van der Waals surface area contributed by atoms with Crippen molar-refractivity contribution in [3.8, 4) is 0 Å². The molecular weight excluding hydrogens is 320 g/mol. The molecule has 1 heterocycles. The molecule has 1 amide bonds. The number of piperidine rings is 1. The van der Waals surface area contributed by atoms with E-state index in [4.69, 9.17) is 9.47 Å². The predicted molar refractivity (Wildman–Crippen MR) is 95.1 cm³/mol. The van der Waals surface area contributed by atoms with E-state index in [0.29, 0.717) is 25.9 Å². The summed E-state index contributed by atoms with van der Waals surface area (Å²) in [5.41, 5.74) is -0.409. The number of carbonyl (C=O) groups excluding carboxylic acids is 2. The van der Waals surface area contributed by atoms with Gasteiger partial charge in [0.1, 0.15) is 11.1 Å². The molecule has 0 saturated carbocycles. The number of esters is 1. The molecule has 1 saturated heterocycles. The number of hydrogen-bond acceptors (Lipinski definition) is 5. The average molecular weight is 348 g/mol. The summed E-state index contributed by atoms with van der Waals surface area (Å²) in [4.78, 5) is 26.8. The van der Waals surface area contributed by atoms with Gasteiger partial charge >= 0.3 is 12.1 Å². The number of likely N-dealkylation sites (tertiary alicyclic amines) is 1. The van der Waals surface area contributed by atoms with Crippen LogP contribution in [0.15, 0.2) is 30.3 Å². The van der Waals surface area contributed by atoms with Crippen molar-refractivity contribution in [2.75, 3.05) is 20.2 Å². The van der Waals surface area contributed by atoms with E-state index in [1.165, 1.54) is 12.7 Å². The van der Waals surface area contributed by atoms with Gasteiger partial charge < -0.3 is 14.8 Å². The number of methoxy groups -OCH3 is 1. The Labute approximate surface area is 149 Å². The zero-order valence-corrected chi connectivity index (χ0v) is 15.5. The second-order valence-corrected chi connectivity index (χ2v) is 7.46. The van der Waals surface area contributed by atoms with E-state index < -0.39 is 23.2 Å². The largest absolute Gasteiger partial charge is 0.467 e. The van der Waals surface area contributed by atoms with E-state index in [0.717, 1.165) is 6.54 Å². The van der Waals surface area contributed by atoms with Crippen LogP contribution in [-0.4, -0.2) is 48.3 Å². The van der Waals surface area contributed by atoms with Crippen molar-refractivity contribution in [2.45, 2.75) is 51.3 Å². The minimum absolute atomic E-state index is 0.419. The summed E-state index contributed by atoms with van der Waals surface area (Å²) in [5.74, 6) is -0.419. The molecule has 0 spiro atoms. The minimum Gasteiger partial charge on any atom is -0.467 e. The fraction of sp³-hybridized carbons (Fsp3) is 0.579. The third-order valence-corrected chi connectivity index (χ3v) is 4.27. The number of ether oxygens (including phenoxy) is 2. The summed E-state index contributed by atoms with van der Waals surface area (Å²) in [6.45, 7) is 7.59. The highest BCUT2D eigenvalue weighted by molar-refractivity contribution is 5.86. The molecule has 1 N–H and O–H groups in total. The minimum atomic E-state index is -1.02. The van der Waals surface area contributed by atoms with Crippen LogP contribution in [-0.2, 0) is 20.8 Å². The molecule has 6 nitrogen and oxygen atoms in total. The average Bonchev–Trinajstić information content (AvgIpc) is 2.55. The highest BCUT2D eigenvalue weighted by Crippen LogP contribution is 2.25. The zero-order chi connectivity index (χ0) is 18.5. The van der Waals surface area contributed by atoms with Crippen LogP contribution in [0.4, 0.5) is 4.79 Å². The van der Waals surface area contributed by atoms with Crippen molar-refractivity contribution < 1.29 is 19.1 Å². The Kier molecular flexibility index (Phi) is 6.06. The number of carbonyl (C=O) groups is 2. The maximum Gasteiger partial charge on any atom is 0.408 e. The topological polar surface area (TPSA) is 67.9 Å². The van der Waals surface area contributed by atoms with Crippen LogP contribution in [0.1, 0.15) is 39.2 Å². The first-order valence-electron chi connectivity index (χ1n) is 8.60. The second kappa shape index (κ2) is 7.87. The molecule has 138 valence electrons. The van der Waals surface area contributed by atoms with Crippen molar-refractivity contribution in [3.05, 3.63) is 35.9 Å². The number of hydrogen-bond donors (Lipinski definition) is 1. The number of alkyl carbamates (subject to hydrolysis) is 1. The zero-order valence-electron chi connectivity index (χ0n) is 15.5. The van der Waals surface area contributed by atoms with E-state index in [1.54, 1.807) is 20.8 Å². The molecule has 0 radical (unpaired) electrons. The number of nitrogens with one attached hydrogen (secondary N) is 1. The van der Waals surface area contributed by atoms with Crippen LogP contribution in [0.2, 0.25) is 0 Å². The molecule has 1 aromatic rings. The smallest absolute Gasteiger partial charge is 0.408 e. The summed E-state index contributed by atoms with van der Waals surface area (Å²) in [6.07, 6.45) is 0.395. The van der Waals surface area contributed by atoms with Gasteiger partial charge in [0.05, 0.1) is 7.11 Å². The molecule has 0 bridgehead atoms. The number of nitrogens with zero attached hydrogens (tertiary/aromatic N) is 1. The Hall–Kier alpha value is -2.08. The van der Waals surface area contributed by atoms with Crippen molar-refractivity contribution in [1.82, 2.24) is 10.2 Å². The Morgan fingerprint density at radius 3 is 2.28 bits per heavy atom. The maximum atomic E-state index is 12.3. The highest BCUT2D eigenvalue weighted by atomic mass is 16.6. The Bertz CT molecular complexity index is 587. The maximum absolute atomic E-state index is 12.3. The molecule has 2 rings (SSSR count). The lowest BCUT2D eigenvalue weighted by Crippen LogP contribution is -2.60. The van der Waals surface area contributed by atoms with Crippen molar-refractivity contribution in [3.63, 3.8) is 0 Å². The van der Waals surface area contributed by atoms with Gasteiger partial charge in [0.25, 0.3) is 0 Å². The van der Waals surface area contributed by atoms with Gasteiger partial charge in [-0.05, 0) is 39.2 Å². The lowest BCUT2D eigenvalue weighted by molar-refractivity contribution is -0.151. The summed E-state index contributed by atoms with van der Waals surface area (Å²) in [7, 11) is 1.34. The first-order valence-corrected chi connectivity index (χ1v) is 8.60. The molecule has 25 heavy (non-hydrogen) atoms. The van der Waals surface area contributed by atoms with E-state index in [2.05, 4.69) is 22.3 Å². The van der Waals surface area contributed by atoms with Crippen LogP contribution in [0.25, 0.3) is 0 Å². The third-order valence-electron chi connectivity index (χ3n) is 4.27. The van der Waals surface area contributed by atoms with Gasteiger partial charge in [-0.3, -0.25) is 4.90 Å². The van der Waals surface area contributed by atoms with E-state index in [-0.39, 0.29) is 0 Å². The number of rotatable bonds is 4. The van der Waals surface area contributed by atoms with Gasteiger partial charge in [-0.1, -0.05) is 30.3 Å². The lowest BCUT2D eigenvalue weighted by Gasteiger charge is -2.40. The molecule has 1 aliphatic heterocycles. The van der Waals surface area contributed by atoms with Gasteiger partial charge in [-0.2, -0.15) is 0 Å². The molecule has 0 atom stereocenters. The normalized spacial score (nSPS) is 17.6. The fourth-order valence-electron chi connectivity index (χ4n) is 3.01. The van der Waals surface area contributed by atoms with E-state index in [9.17, 15) is 9.59 Å². The van der Waals surface area contributed by atoms with Crippen LogP contribution < -0.4 is 5.32 Å². The highest BCUT2D eigenvalue weighted by Gasteiger charge is 2.44. The third kappa shape index (κ3) is 5.46. The lowest BCUT2D eigenvalue weighted by atomic mass is 9.87. The first kappa shape index (κ1) is 19.2. The fourth-order valence-corrected chi connectivity index (χ4v) is 3.01. The van der Waals surface area contributed by atoms with Crippen molar-refractivity contribution in [1.29, 1.82) is 0 Å². The monoisotopic (exact) mass is 348 g/mol. The van der Waals surface area contributed by atoms with Crippen molar-refractivity contribution >= 4 is 12.1 Å². The van der Waals surface area contributed by atoms with Crippen molar-refractivity contribution in [2.24, 2.45) is 0 Å². The predicted octanol–water partition coefficient (Wildman–Crippen LogP) is 2.72. The van der Waals surface area contributed by atoms with Crippen LogP contribution >= 0.6 is 0 Å². The van der Waals surface area contributed by atoms with Gasteiger partial charge in [-0.25, -0.2) is 9.59 Å². The molecule has 0 unspecified atom stereocenters. The number of amides is 1. The quantitative estimate of drug-likeness (QED) is 0.848. The summed E-state index contributed by atoms with van der Waals surface area (Å²) in [5, 5.41) is 2.76. The molecule has 1 aliphatic rings. The van der Waals surface area contributed by atoms with E-state index >= 15 is 0 Å². The standard InChI is InChI=1S/C19H28N2O4/c1-18(2,3)25-17(23)20-19(16(22)24-4)10-12-21(13-11-19)14-15-8-6-5-7-9-15/h5-9H,10-14H2,1-4H3,(H,20,23). The molecule has 1 aromatic carbocycles. The summed E-state index contributed by atoms with van der Waals surface area (Å²) < 4.78 is 10.3. The Balaban J connectivity index is 2.00. The SMILES string of the molecule is COC(=O)C1(NC(=O)OC(C)(C)C)CCN(Cc2ccccc2)CC1. The molecule has 1 fully saturated rings. The first-order chi connectivity index (χ1) is 11.7. The Morgan fingerprint density at radius 2 is 1.76 bits per heavy atom. The van der Waals surface area contributed by atoms with Gasteiger partial charge in [0.2, 0.25) is 0 Å². The van der Waals surface area contributed by atoms with Gasteiger partial charge in [0, 0.05) is 19.6 Å². The number of benzene rings is 1.